The number of pyridine rings is 1. The summed E-state index contributed by atoms with van der Waals surface area (Å²) in [6, 6.07) is 17.7. The number of amides is 1. The van der Waals surface area contributed by atoms with Gasteiger partial charge in [-0.3, -0.25) is 14.3 Å². The third-order valence-electron chi connectivity index (χ3n) is 4.93. The lowest BCUT2D eigenvalue weighted by molar-refractivity contribution is -0.118. The third kappa shape index (κ3) is 5.18. The summed E-state index contributed by atoms with van der Waals surface area (Å²) in [5, 5.41) is 13.0. The van der Waals surface area contributed by atoms with Gasteiger partial charge >= 0.3 is 0 Å². The molecule has 0 atom stereocenters. The SMILES string of the molecule is Cc1ccc(CNC(=O)CSc2nnc(-c3ccncc3)n2-c2ccc(C)c(Cl)c2)cc1. The average molecular weight is 464 g/mol. The van der Waals surface area contributed by atoms with E-state index in [-0.39, 0.29) is 11.7 Å². The van der Waals surface area contributed by atoms with E-state index in [4.69, 9.17) is 11.6 Å². The Bertz CT molecular complexity index is 1230. The second kappa shape index (κ2) is 9.97. The zero-order chi connectivity index (χ0) is 22.5. The molecule has 0 saturated carbocycles. The van der Waals surface area contributed by atoms with E-state index in [9.17, 15) is 4.79 Å². The van der Waals surface area contributed by atoms with Crippen LogP contribution < -0.4 is 5.32 Å². The zero-order valence-electron chi connectivity index (χ0n) is 17.7. The van der Waals surface area contributed by atoms with Crippen molar-refractivity contribution in [1.82, 2.24) is 25.1 Å². The van der Waals surface area contributed by atoms with E-state index in [1.807, 2.05) is 73.0 Å². The van der Waals surface area contributed by atoms with Gasteiger partial charge in [0.05, 0.1) is 11.4 Å². The lowest BCUT2D eigenvalue weighted by atomic mass is 10.1. The lowest BCUT2D eigenvalue weighted by Crippen LogP contribution is -2.24. The number of aryl methyl sites for hydroxylation is 2. The second-order valence-electron chi connectivity index (χ2n) is 7.36. The number of aromatic nitrogens is 4. The van der Waals surface area contributed by atoms with Gasteiger partial charge in [0.25, 0.3) is 0 Å². The summed E-state index contributed by atoms with van der Waals surface area (Å²) in [6.07, 6.45) is 3.42. The number of halogens is 1. The van der Waals surface area contributed by atoms with Crippen molar-refractivity contribution in [1.29, 1.82) is 0 Å². The maximum Gasteiger partial charge on any atom is 0.230 e. The Morgan fingerprint density at radius 1 is 1.03 bits per heavy atom. The highest BCUT2D eigenvalue weighted by Gasteiger charge is 2.18. The topological polar surface area (TPSA) is 72.7 Å². The molecular formula is C24H22ClN5OS. The van der Waals surface area contributed by atoms with Crippen molar-refractivity contribution in [2.75, 3.05) is 5.75 Å². The fraction of sp³-hybridized carbons (Fsp3) is 0.167. The number of nitrogens with zero attached hydrogens (tertiary/aromatic N) is 4. The molecule has 0 fully saturated rings. The maximum atomic E-state index is 12.5. The van der Waals surface area contributed by atoms with Crippen LogP contribution in [0.25, 0.3) is 17.1 Å². The van der Waals surface area contributed by atoms with Gasteiger partial charge in [0, 0.05) is 29.5 Å². The molecule has 1 amide bonds. The summed E-state index contributed by atoms with van der Waals surface area (Å²) >= 11 is 7.71. The Balaban J connectivity index is 1.54. The van der Waals surface area contributed by atoms with E-state index in [1.165, 1.54) is 17.3 Å². The van der Waals surface area contributed by atoms with Crippen LogP contribution in [0.2, 0.25) is 5.02 Å². The molecule has 2 heterocycles. The molecule has 6 nitrogen and oxygen atoms in total. The number of nitrogens with one attached hydrogen (secondary N) is 1. The molecule has 0 aliphatic carbocycles. The molecule has 8 heteroatoms. The van der Waals surface area contributed by atoms with Crippen molar-refractivity contribution in [2.45, 2.75) is 25.5 Å². The molecule has 2 aromatic heterocycles. The van der Waals surface area contributed by atoms with Gasteiger partial charge in [-0.15, -0.1) is 10.2 Å². The molecule has 0 saturated heterocycles. The minimum Gasteiger partial charge on any atom is -0.351 e. The molecule has 4 aromatic rings. The van der Waals surface area contributed by atoms with Crippen molar-refractivity contribution in [3.8, 4) is 17.1 Å². The first-order chi connectivity index (χ1) is 15.5. The normalized spacial score (nSPS) is 10.8. The van der Waals surface area contributed by atoms with Gasteiger partial charge in [0.2, 0.25) is 5.91 Å². The van der Waals surface area contributed by atoms with Crippen LogP contribution in [0.5, 0.6) is 0 Å². The van der Waals surface area contributed by atoms with Crippen molar-refractivity contribution >= 4 is 29.3 Å². The summed E-state index contributed by atoms with van der Waals surface area (Å²) in [4.78, 5) is 16.5. The molecule has 1 N–H and O–H groups in total. The summed E-state index contributed by atoms with van der Waals surface area (Å²) in [6.45, 7) is 4.48. The Morgan fingerprint density at radius 2 is 1.78 bits per heavy atom. The van der Waals surface area contributed by atoms with Gasteiger partial charge in [-0.2, -0.15) is 0 Å². The van der Waals surface area contributed by atoms with E-state index < -0.39 is 0 Å². The van der Waals surface area contributed by atoms with Gasteiger partial charge in [-0.25, -0.2) is 0 Å². The first-order valence-corrected chi connectivity index (χ1v) is 11.4. The first-order valence-electron chi connectivity index (χ1n) is 10.1. The molecule has 0 aliphatic heterocycles. The Morgan fingerprint density at radius 3 is 2.50 bits per heavy atom. The lowest BCUT2D eigenvalue weighted by Gasteiger charge is -2.12. The summed E-state index contributed by atoms with van der Waals surface area (Å²) in [5.41, 5.74) is 4.95. The van der Waals surface area contributed by atoms with Crippen LogP contribution in [0.15, 0.2) is 72.1 Å². The number of carbonyl (C=O) groups is 1. The number of hydrogen-bond acceptors (Lipinski definition) is 5. The molecule has 0 spiro atoms. The van der Waals surface area contributed by atoms with E-state index >= 15 is 0 Å². The number of hydrogen-bond donors (Lipinski definition) is 1. The van der Waals surface area contributed by atoms with Gasteiger partial charge in [-0.1, -0.05) is 59.3 Å². The predicted molar refractivity (Wildman–Crippen MR) is 128 cm³/mol. The summed E-state index contributed by atoms with van der Waals surface area (Å²) < 4.78 is 1.92. The molecule has 0 bridgehead atoms. The monoisotopic (exact) mass is 463 g/mol. The molecule has 0 unspecified atom stereocenters. The van der Waals surface area contributed by atoms with Crippen LogP contribution in [-0.4, -0.2) is 31.4 Å². The number of carbonyl (C=O) groups excluding carboxylic acids is 1. The van der Waals surface area contributed by atoms with E-state index in [1.54, 1.807) is 12.4 Å². The van der Waals surface area contributed by atoms with Gasteiger partial charge < -0.3 is 5.32 Å². The van der Waals surface area contributed by atoms with Crippen molar-refractivity contribution in [2.24, 2.45) is 0 Å². The maximum absolute atomic E-state index is 12.5. The van der Waals surface area contributed by atoms with Crippen molar-refractivity contribution in [3.05, 3.63) is 88.7 Å². The average Bonchev–Trinajstić information content (AvgIpc) is 3.23. The van der Waals surface area contributed by atoms with Crippen LogP contribution in [0.3, 0.4) is 0 Å². The fourth-order valence-corrected chi connectivity index (χ4v) is 4.05. The highest BCUT2D eigenvalue weighted by atomic mass is 35.5. The van der Waals surface area contributed by atoms with E-state index in [2.05, 4.69) is 20.5 Å². The van der Waals surface area contributed by atoms with Crippen LogP contribution in [0.4, 0.5) is 0 Å². The second-order valence-corrected chi connectivity index (χ2v) is 8.71. The van der Waals surface area contributed by atoms with Crippen LogP contribution in [0.1, 0.15) is 16.7 Å². The van der Waals surface area contributed by atoms with Crippen LogP contribution >= 0.6 is 23.4 Å². The summed E-state index contributed by atoms with van der Waals surface area (Å²) in [7, 11) is 0. The molecule has 2 aromatic carbocycles. The van der Waals surface area contributed by atoms with Gasteiger partial charge in [-0.05, 0) is 49.2 Å². The quantitative estimate of drug-likeness (QED) is 0.390. The highest BCUT2D eigenvalue weighted by molar-refractivity contribution is 7.99. The minimum atomic E-state index is -0.0717. The smallest absolute Gasteiger partial charge is 0.230 e. The number of benzene rings is 2. The van der Waals surface area contributed by atoms with Crippen LogP contribution in [-0.2, 0) is 11.3 Å². The molecule has 0 radical (unpaired) electrons. The third-order valence-corrected chi connectivity index (χ3v) is 6.26. The molecule has 0 aliphatic rings. The standard InChI is InChI=1S/C24H22ClN5OS/c1-16-3-6-18(7-4-16)14-27-22(31)15-32-24-29-28-23(19-9-11-26-12-10-19)30(24)20-8-5-17(2)21(25)13-20/h3-13H,14-15H2,1-2H3,(H,27,31). The van der Waals surface area contributed by atoms with E-state index in [0.717, 1.165) is 22.4 Å². The molecule has 162 valence electrons. The fourth-order valence-electron chi connectivity index (χ4n) is 3.09. The zero-order valence-corrected chi connectivity index (χ0v) is 19.3. The number of rotatable bonds is 7. The Labute approximate surface area is 196 Å². The van der Waals surface area contributed by atoms with Crippen molar-refractivity contribution in [3.63, 3.8) is 0 Å². The minimum absolute atomic E-state index is 0.0717. The summed E-state index contributed by atoms with van der Waals surface area (Å²) in [5.74, 6) is 0.812. The predicted octanol–water partition coefficient (Wildman–Crippen LogP) is 5.01. The molecule has 4 rings (SSSR count). The van der Waals surface area contributed by atoms with Gasteiger partial charge in [0.1, 0.15) is 0 Å². The highest BCUT2D eigenvalue weighted by Crippen LogP contribution is 2.29. The Hall–Kier alpha value is -3.16. The van der Waals surface area contributed by atoms with E-state index in [0.29, 0.717) is 22.5 Å². The van der Waals surface area contributed by atoms with Crippen molar-refractivity contribution < 1.29 is 4.79 Å². The largest absolute Gasteiger partial charge is 0.351 e. The number of thioether (sulfide) groups is 1. The first kappa shape index (κ1) is 22.0. The molecule has 32 heavy (non-hydrogen) atoms. The van der Waals surface area contributed by atoms with Gasteiger partial charge in [0.15, 0.2) is 11.0 Å². The Kier molecular flexibility index (Phi) is 6.87. The van der Waals surface area contributed by atoms with Crippen LogP contribution in [0, 0.1) is 13.8 Å². The molecular weight excluding hydrogens is 442 g/mol.